The molecule has 0 aliphatic rings. The van der Waals surface area contributed by atoms with E-state index in [0.29, 0.717) is 15.8 Å². The maximum absolute atomic E-state index is 12.1. The first-order valence-electron chi connectivity index (χ1n) is 8.42. The Morgan fingerprint density at radius 3 is 2.46 bits per heavy atom. The highest BCUT2D eigenvalue weighted by Crippen LogP contribution is 2.27. The zero-order valence-electron chi connectivity index (χ0n) is 15.1. The van der Waals surface area contributed by atoms with Gasteiger partial charge in [0.2, 0.25) is 0 Å². The number of urea groups is 1. The Morgan fingerprint density at radius 1 is 1.12 bits per heavy atom. The van der Waals surface area contributed by atoms with Gasteiger partial charge in [0.05, 0.1) is 5.02 Å². The monoisotopic (exact) mass is 395 g/mol. The molecule has 5 nitrogen and oxygen atoms in total. The highest BCUT2D eigenvalue weighted by Gasteiger charge is 2.08. The summed E-state index contributed by atoms with van der Waals surface area (Å²) < 4.78 is 5.44. The number of nitrogens with zero attached hydrogens (tertiary/aromatic N) is 1. The molecule has 2 N–H and O–H groups in total. The fourth-order valence-electron chi connectivity index (χ4n) is 2.51. The lowest BCUT2D eigenvalue weighted by atomic mass is 10.1. The van der Waals surface area contributed by atoms with Crippen molar-refractivity contribution in [3.63, 3.8) is 0 Å². The number of hydrogen-bond donors (Lipinski definition) is 2. The first kappa shape index (κ1) is 20.2. The van der Waals surface area contributed by atoms with Gasteiger partial charge in [0.15, 0.2) is 6.73 Å². The van der Waals surface area contributed by atoms with Crippen LogP contribution in [0.5, 0.6) is 5.75 Å². The smallest absolute Gasteiger partial charge is 0.321 e. The topological polar surface area (TPSA) is 53.6 Å². The van der Waals surface area contributed by atoms with Crippen molar-refractivity contribution in [3.05, 3.63) is 52.0 Å². The van der Waals surface area contributed by atoms with Crippen LogP contribution in [0, 0.1) is 6.92 Å². The molecule has 0 bridgehead atoms. The van der Waals surface area contributed by atoms with E-state index >= 15 is 0 Å². The van der Waals surface area contributed by atoms with Crippen molar-refractivity contribution in [1.82, 2.24) is 5.32 Å². The third kappa shape index (κ3) is 5.44. The minimum absolute atomic E-state index is 0.0102. The van der Waals surface area contributed by atoms with Gasteiger partial charge in [0.1, 0.15) is 5.75 Å². The van der Waals surface area contributed by atoms with Gasteiger partial charge in [-0.05, 0) is 62.7 Å². The third-order valence-corrected chi connectivity index (χ3v) is 4.47. The molecule has 0 aromatic heterocycles. The van der Waals surface area contributed by atoms with Crippen LogP contribution in [0.3, 0.4) is 0 Å². The number of carbonyl (C=O) groups excluding carboxylic acids is 1. The second-order valence-corrected chi connectivity index (χ2v) is 6.51. The predicted octanol–water partition coefficient (Wildman–Crippen LogP) is 5.31. The SMILES string of the molecule is CCN(CC)c1ccc(NC(=O)NCOc2ccc(Cl)cc2Cl)c(C)c1. The summed E-state index contributed by atoms with van der Waals surface area (Å²) in [5.41, 5.74) is 2.88. The molecule has 2 aromatic carbocycles. The Balaban J connectivity index is 1.89. The van der Waals surface area contributed by atoms with E-state index in [1.165, 1.54) is 0 Å². The number of halogens is 2. The van der Waals surface area contributed by atoms with Crippen LogP contribution in [0.2, 0.25) is 10.0 Å². The van der Waals surface area contributed by atoms with Gasteiger partial charge in [-0.3, -0.25) is 0 Å². The summed E-state index contributed by atoms with van der Waals surface area (Å²) in [6.45, 7) is 8.06. The van der Waals surface area contributed by atoms with Crippen LogP contribution >= 0.6 is 23.2 Å². The van der Waals surface area contributed by atoms with E-state index in [4.69, 9.17) is 27.9 Å². The average Bonchev–Trinajstić information content (AvgIpc) is 2.60. The Morgan fingerprint density at radius 2 is 1.85 bits per heavy atom. The summed E-state index contributed by atoms with van der Waals surface area (Å²) in [4.78, 5) is 14.3. The first-order chi connectivity index (χ1) is 12.4. The Hall–Kier alpha value is -2.11. The van der Waals surface area contributed by atoms with Gasteiger partial charge in [0.25, 0.3) is 0 Å². The summed E-state index contributed by atoms with van der Waals surface area (Å²) in [5.74, 6) is 0.455. The number of ether oxygens (including phenoxy) is 1. The van der Waals surface area contributed by atoms with Gasteiger partial charge in [-0.1, -0.05) is 23.2 Å². The van der Waals surface area contributed by atoms with Crippen LogP contribution in [0.15, 0.2) is 36.4 Å². The Bertz CT molecular complexity index is 764. The number of aryl methyl sites for hydroxylation is 1. The molecule has 2 aromatic rings. The third-order valence-electron chi connectivity index (χ3n) is 3.94. The molecule has 2 amide bonds. The number of amides is 2. The fourth-order valence-corrected chi connectivity index (χ4v) is 2.97. The normalized spacial score (nSPS) is 10.3. The first-order valence-corrected chi connectivity index (χ1v) is 9.18. The molecular formula is C19H23Cl2N3O2. The summed E-state index contributed by atoms with van der Waals surface area (Å²) >= 11 is 11.9. The lowest BCUT2D eigenvalue weighted by Crippen LogP contribution is -2.32. The molecule has 2 rings (SSSR count). The summed E-state index contributed by atoms with van der Waals surface area (Å²) in [7, 11) is 0. The molecule has 0 saturated heterocycles. The van der Waals surface area contributed by atoms with Crippen molar-refractivity contribution in [3.8, 4) is 5.75 Å². The van der Waals surface area contributed by atoms with Crippen molar-refractivity contribution in [2.75, 3.05) is 30.0 Å². The predicted molar refractivity (Wildman–Crippen MR) is 109 cm³/mol. The molecule has 0 spiro atoms. The molecule has 0 aliphatic heterocycles. The number of carbonyl (C=O) groups is 1. The molecule has 7 heteroatoms. The second kappa shape index (κ2) is 9.55. The van der Waals surface area contributed by atoms with Crippen LogP contribution < -0.4 is 20.3 Å². The average molecular weight is 396 g/mol. The van der Waals surface area contributed by atoms with E-state index in [0.717, 1.165) is 30.0 Å². The van der Waals surface area contributed by atoms with Gasteiger partial charge in [-0.25, -0.2) is 4.79 Å². The molecule has 0 unspecified atom stereocenters. The van der Waals surface area contributed by atoms with Crippen LogP contribution in [-0.4, -0.2) is 25.9 Å². The minimum Gasteiger partial charge on any atom is -0.472 e. The van der Waals surface area contributed by atoms with E-state index in [2.05, 4.69) is 35.4 Å². The molecular weight excluding hydrogens is 373 g/mol. The largest absolute Gasteiger partial charge is 0.472 e. The van der Waals surface area contributed by atoms with E-state index in [1.54, 1.807) is 18.2 Å². The molecule has 0 atom stereocenters. The summed E-state index contributed by atoms with van der Waals surface area (Å²) in [6, 6.07) is 10.5. The fraction of sp³-hybridized carbons (Fsp3) is 0.316. The number of benzene rings is 2. The quantitative estimate of drug-likeness (QED) is 0.624. The van der Waals surface area contributed by atoms with Crippen LogP contribution in [-0.2, 0) is 0 Å². The Kier molecular flexibility index (Phi) is 7.42. The molecule has 0 aliphatic carbocycles. The van der Waals surface area contributed by atoms with Gasteiger partial charge in [-0.2, -0.15) is 0 Å². The molecule has 140 valence electrons. The maximum atomic E-state index is 12.1. The number of anilines is 2. The van der Waals surface area contributed by atoms with Crippen molar-refractivity contribution >= 4 is 40.6 Å². The summed E-state index contributed by atoms with van der Waals surface area (Å²) in [5, 5.41) is 6.37. The van der Waals surface area contributed by atoms with Gasteiger partial charge >= 0.3 is 6.03 Å². The lowest BCUT2D eigenvalue weighted by Gasteiger charge is -2.22. The van der Waals surface area contributed by atoms with Crippen molar-refractivity contribution in [2.45, 2.75) is 20.8 Å². The molecule has 0 fully saturated rings. The lowest BCUT2D eigenvalue weighted by molar-refractivity contribution is 0.234. The van der Waals surface area contributed by atoms with E-state index < -0.39 is 0 Å². The zero-order valence-corrected chi connectivity index (χ0v) is 16.6. The standard InChI is InChI=1S/C19H23Cl2N3O2/c1-4-24(5-2)15-7-8-17(13(3)10-15)23-19(25)22-12-26-18-9-6-14(20)11-16(18)21/h6-11H,4-5,12H2,1-3H3,(H2,22,23,25). The minimum atomic E-state index is -0.353. The molecule has 26 heavy (non-hydrogen) atoms. The van der Waals surface area contributed by atoms with Crippen molar-refractivity contribution in [1.29, 1.82) is 0 Å². The molecule has 0 heterocycles. The van der Waals surface area contributed by atoms with E-state index in [9.17, 15) is 4.79 Å². The van der Waals surface area contributed by atoms with Crippen LogP contribution in [0.1, 0.15) is 19.4 Å². The number of hydrogen-bond acceptors (Lipinski definition) is 3. The maximum Gasteiger partial charge on any atom is 0.321 e. The van der Waals surface area contributed by atoms with Crippen molar-refractivity contribution in [2.24, 2.45) is 0 Å². The molecule has 0 saturated carbocycles. The summed E-state index contributed by atoms with van der Waals surface area (Å²) in [6.07, 6.45) is 0. The van der Waals surface area contributed by atoms with E-state index in [1.807, 2.05) is 19.1 Å². The van der Waals surface area contributed by atoms with Gasteiger partial charge in [-0.15, -0.1) is 0 Å². The van der Waals surface area contributed by atoms with Gasteiger partial charge in [0, 0.05) is 29.5 Å². The molecule has 0 radical (unpaired) electrons. The zero-order chi connectivity index (χ0) is 19.1. The van der Waals surface area contributed by atoms with Crippen LogP contribution in [0.25, 0.3) is 0 Å². The number of nitrogens with one attached hydrogen (secondary N) is 2. The van der Waals surface area contributed by atoms with Gasteiger partial charge < -0.3 is 20.3 Å². The van der Waals surface area contributed by atoms with E-state index in [-0.39, 0.29) is 12.8 Å². The Labute approximate surface area is 164 Å². The number of rotatable bonds is 7. The van der Waals surface area contributed by atoms with Crippen LogP contribution in [0.4, 0.5) is 16.2 Å². The van der Waals surface area contributed by atoms with Crippen molar-refractivity contribution < 1.29 is 9.53 Å². The second-order valence-electron chi connectivity index (χ2n) is 5.67. The highest BCUT2D eigenvalue weighted by atomic mass is 35.5. The highest BCUT2D eigenvalue weighted by molar-refractivity contribution is 6.35.